The van der Waals surface area contributed by atoms with E-state index in [1.807, 2.05) is 26.2 Å². The van der Waals surface area contributed by atoms with Gasteiger partial charge in [-0.2, -0.15) is 11.3 Å². The van der Waals surface area contributed by atoms with Crippen LogP contribution in [0.2, 0.25) is 0 Å². The van der Waals surface area contributed by atoms with E-state index < -0.39 is 0 Å². The maximum Gasteiger partial charge on any atom is 0.253 e. The lowest BCUT2D eigenvalue weighted by Crippen LogP contribution is -2.42. The standard InChI is InChI=1S/C22H28N4OS2/c1-15-9-18-11-19(21(27)24-20(18)10-16(15)2)13-26(12-17-5-8-29-14-17)22(28)23-6-7-25(3)4/h5,8-11,14H,6-7,12-13H2,1-4H3,(H,23,28)(H,24,27). The summed E-state index contributed by atoms with van der Waals surface area (Å²) in [4.78, 5) is 19.9. The summed E-state index contributed by atoms with van der Waals surface area (Å²) in [6.45, 7) is 6.93. The Kier molecular flexibility index (Phi) is 7.05. The first kappa shape index (κ1) is 21.5. The van der Waals surface area contributed by atoms with Crippen LogP contribution in [0.5, 0.6) is 0 Å². The van der Waals surface area contributed by atoms with Crippen LogP contribution >= 0.6 is 23.6 Å². The SMILES string of the molecule is Cc1cc2cc(CN(Cc3ccsc3)C(=S)NCCN(C)C)c(=O)[nH]c2cc1C. The monoisotopic (exact) mass is 428 g/mol. The van der Waals surface area contributed by atoms with E-state index in [9.17, 15) is 4.79 Å². The van der Waals surface area contributed by atoms with Gasteiger partial charge >= 0.3 is 0 Å². The molecule has 0 atom stereocenters. The van der Waals surface area contributed by atoms with Crippen molar-refractivity contribution in [2.24, 2.45) is 0 Å². The number of thiocarbonyl (C=S) groups is 1. The van der Waals surface area contributed by atoms with Crippen LogP contribution in [-0.2, 0) is 13.1 Å². The third kappa shape index (κ3) is 5.65. The number of likely N-dealkylation sites (N-methyl/N-ethyl adjacent to an activating group) is 1. The van der Waals surface area contributed by atoms with E-state index in [0.29, 0.717) is 23.8 Å². The zero-order valence-electron chi connectivity index (χ0n) is 17.4. The van der Waals surface area contributed by atoms with Crippen molar-refractivity contribution in [3.05, 3.63) is 67.6 Å². The quantitative estimate of drug-likeness (QED) is 0.563. The number of aryl methyl sites for hydroxylation is 2. The van der Waals surface area contributed by atoms with Gasteiger partial charge < -0.3 is 20.1 Å². The highest BCUT2D eigenvalue weighted by molar-refractivity contribution is 7.80. The summed E-state index contributed by atoms with van der Waals surface area (Å²) >= 11 is 7.33. The Labute approximate surface area is 181 Å². The van der Waals surface area contributed by atoms with Crippen molar-refractivity contribution in [3.63, 3.8) is 0 Å². The highest BCUT2D eigenvalue weighted by atomic mass is 32.1. The molecule has 2 aromatic heterocycles. The molecule has 1 aromatic carbocycles. The first-order valence-electron chi connectivity index (χ1n) is 9.65. The highest BCUT2D eigenvalue weighted by Gasteiger charge is 2.14. The molecule has 29 heavy (non-hydrogen) atoms. The zero-order chi connectivity index (χ0) is 21.0. The summed E-state index contributed by atoms with van der Waals surface area (Å²) in [5.41, 5.74) is 5.10. The number of hydrogen-bond acceptors (Lipinski definition) is 4. The van der Waals surface area contributed by atoms with Gasteiger partial charge in [-0.3, -0.25) is 4.79 Å². The predicted molar refractivity (Wildman–Crippen MR) is 127 cm³/mol. The van der Waals surface area contributed by atoms with Gasteiger partial charge in [0, 0.05) is 30.7 Å². The molecule has 0 amide bonds. The Balaban J connectivity index is 1.86. The number of nitrogens with one attached hydrogen (secondary N) is 2. The summed E-state index contributed by atoms with van der Waals surface area (Å²) in [6, 6.07) is 8.24. The molecular formula is C22H28N4OS2. The van der Waals surface area contributed by atoms with Crippen molar-refractivity contribution in [2.75, 3.05) is 27.2 Å². The van der Waals surface area contributed by atoms with E-state index >= 15 is 0 Å². The molecular weight excluding hydrogens is 400 g/mol. The molecule has 0 unspecified atom stereocenters. The predicted octanol–water partition coefficient (Wildman–Crippen LogP) is 3.64. The number of nitrogens with zero attached hydrogens (tertiary/aromatic N) is 2. The molecule has 0 saturated heterocycles. The molecule has 2 N–H and O–H groups in total. The number of aromatic nitrogens is 1. The number of H-pyrrole nitrogens is 1. The number of thiophene rings is 1. The van der Waals surface area contributed by atoms with Gasteiger partial charge in [-0.1, -0.05) is 0 Å². The Morgan fingerprint density at radius 2 is 1.93 bits per heavy atom. The minimum absolute atomic E-state index is 0.0628. The second-order valence-electron chi connectivity index (χ2n) is 7.67. The first-order chi connectivity index (χ1) is 13.8. The van der Waals surface area contributed by atoms with Gasteiger partial charge in [0.15, 0.2) is 5.11 Å². The molecule has 0 aliphatic heterocycles. The maximum absolute atomic E-state index is 12.7. The average Bonchev–Trinajstić information content (AvgIpc) is 3.16. The van der Waals surface area contributed by atoms with Crippen LogP contribution in [0.4, 0.5) is 0 Å². The fraction of sp³-hybridized carbons (Fsp3) is 0.364. The van der Waals surface area contributed by atoms with Crippen molar-refractivity contribution < 1.29 is 0 Å². The number of pyridine rings is 1. The summed E-state index contributed by atoms with van der Waals surface area (Å²) in [7, 11) is 4.07. The van der Waals surface area contributed by atoms with Crippen molar-refractivity contribution >= 4 is 39.6 Å². The normalized spacial score (nSPS) is 11.2. The first-order valence-corrected chi connectivity index (χ1v) is 11.0. The van der Waals surface area contributed by atoms with Crippen molar-refractivity contribution in [1.82, 2.24) is 20.1 Å². The van der Waals surface area contributed by atoms with Crippen LogP contribution in [0.1, 0.15) is 22.3 Å². The minimum atomic E-state index is -0.0628. The van der Waals surface area contributed by atoms with Gasteiger partial charge in [0.1, 0.15) is 0 Å². The number of aromatic amines is 1. The van der Waals surface area contributed by atoms with Crippen LogP contribution in [0.3, 0.4) is 0 Å². The Morgan fingerprint density at radius 3 is 2.62 bits per heavy atom. The summed E-state index contributed by atoms with van der Waals surface area (Å²) in [5.74, 6) is 0. The van der Waals surface area contributed by atoms with E-state index in [-0.39, 0.29) is 5.56 Å². The number of hydrogen-bond donors (Lipinski definition) is 2. The molecule has 7 heteroatoms. The fourth-order valence-electron chi connectivity index (χ4n) is 3.15. The summed E-state index contributed by atoms with van der Waals surface area (Å²) < 4.78 is 0. The van der Waals surface area contributed by atoms with Gasteiger partial charge in [-0.15, -0.1) is 0 Å². The second-order valence-corrected chi connectivity index (χ2v) is 8.84. The molecule has 3 rings (SSSR count). The highest BCUT2D eigenvalue weighted by Crippen LogP contribution is 2.18. The van der Waals surface area contributed by atoms with Gasteiger partial charge in [0.25, 0.3) is 5.56 Å². The van der Waals surface area contributed by atoms with Crippen LogP contribution in [0.15, 0.2) is 39.8 Å². The molecule has 0 aliphatic rings. The molecule has 0 saturated carbocycles. The van der Waals surface area contributed by atoms with Crippen molar-refractivity contribution in [3.8, 4) is 0 Å². The van der Waals surface area contributed by atoms with E-state index in [0.717, 1.165) is 24.0 Å². The molecule has 0 aliphatic carbocycles. The molecule has 2 heterocycles. The number of fused-ring (bicyclic) bond motifs is 1. The van der Waals surface area contributed by atoms with Crippen molar-refractivity contribution in [1.29, 1.82) is 0 Å². The van der Waals surface area contributed by atoms with E-state index in [1.165, 1.54) is 16.7 Å². The molecule has 0 spiro atoms. The molecule has 3 aromatic rings. The number of benzene rings is 1. The van der Waals surface area contributed by atoms with Crippen molar-refractivity contribution in [2.45, 2.75) is 26.9 Å². The lowest BCUT2D eigenvalue weighted by molar-refractivity contribution is 0.382. The third-order valence-corrected chi connectivity index (χ3v) is 6.11. The maximum atomic E-state index is 12.7. The van der Waals surface area contributed by atoms with E-state index in [4.69, 9.17) is 12.2 Å². The largest absolute Gasteiger partial charge is 0.361 e. The van der Waals surface area contributed by atoms with Crippen LogP contribution in [0, 0.1) is 13.8 Å². The Hall–Kier alpha value is -2.22. The van der Waals surface area contributed by atoms with Gasteiger partial charge in [0.2, 0.25) is 0 Å². The van der Waals surface area contributed by atoms with Crippen LogP contribution in [0.25, 0.3) is 10.9 Å². The smallest absolute Gasteiger partial charge is 0.253 e. The number of rotatable bonds is 7. The van der Waals surface area contributed by atoms with E-state index in [2.05, 4.69) is 56.8 Å². The van der Waals surface area contributed by atoms with Crippen LogP contribution < -0.4 is 10.9 Å². The summed E-state index contributed by atoms with van der Waals surface area (Å²) in [6.07, 6.45) is 0. The topological polar surface area (TPSA) is 51.4 Å². The van der Waals surface area contributed by atoms with Gasteiger partial charge in [-0.05, 0) is 97.3 Å². The molecule has 0 radical (unpaired) electrons. The fourth-order valence-corrected chi connectivity index (χ4v) is 4.04. The van der Waals surface area contributed by atoms with Gasteiger partial charge in [0.05, 0.1) is 6.54 Å². The second kappa shape index (κ2) is 9.52. The Bertz CT molecular complexity index is 1040. The molecule has 0 bridgehead atoms. The molecule has 5 nitrogen and oxygen atoms in total. The lowest BCUT2D eigenvalue weighted by atomic mass is 10.0. The zero-order valence-corrected chi connectivity index (χ0v) is 19.0. The van der Waals surface area contributed by atoms with Gasteiger partial charge in [-0.25, -0.2) is 0 Å². The third-order valence-electron chi connectivity index (χ3n) is 4.97. The van der Waals surface area contributed by atoms with Crippen LogP contribution in [-0.4, -0.2) is 47.1 Å². The lowest BCUT2D eigenvalue weighted by Gasteiger charge is -2.26. The molecule has 154 valence electrons. The average molecular weight is 429 g/mol. The van der Waals surface area contributed by atoms with E-state index in [1.54, 1.807) is 11.3 Å². The molecule has 0 fully saturated rings. The minimum Gasteiger partial charge on any atom is -0.361 e. The Morgan fingerprint density at radius 1 is 1.17 bits per heavy atom. The summed E-state index contributed by atoms with van der Waals surface area (Å²) in [5, 5.41) is 9.21.